The van der Waals surface area contributed by atoms with Gasteiger partial charge in [-0.15, -0.1) is 0 Å². The number of nitrogens with zero attached hydrogens (tertiary/aromatic N) is 1. The van der Waals surface area contributed by atoms with Gasteiger partial charge in [0.2, 0.25) is 5.91 Å². The fourth-order valence-electron chi connectivity index (χ4n) is 1.84. The van der Waals surface area contributed by atoms with E-state index in [0.29, 0.717) is 5.92 Å². The Labute approximate surface area is 94.8 Å². The predicted molar refractivity (Wildman–Crippen MR) is 58.5 cm³/mol. The average molecular weight is 229 g/mol. The molecule has 1 fully saturated rings. The highest BCUT2D eigenvalue weighted by atomic mass is 16.3. The first kappa shape index (κ1) is 12.9. The molecule has 6 nitrogen and oxygen atoms in total. The van der Waals surface area contributed by atoms with Crippen LogP contribution in [0.5, 0.6) is 0 Å². The average Bonchev–Trinajstić information content (AvgIpc) is 2.12. The van der Waals surface area contributed by atoms with E-state index in [1.54, 1.807) is 6.92 Å². The lowest BCUT2D eigenvalue weighted by Gasteiger charge is -2.36. The van der Waals surface area contributed by atoms with Gasteiger partial charge in [-0.2, -0.15) is 0 Å². The number of likely N-dealkylation sites (N-methyl/N-ethyl adjacent to an activating group) is 1. The van der Waals surface area contributed by atoms with Crippen LogP contribution in [0.2, 0.25) is 0 Å². The molecule has 0 bridgehead atoms. The van der Waals surface area contributed by atoms with E-state index in [1.807, 2.05) is 11.9 Å². The molecule has 1 aliphatic carbocycles. The summed E-state index contributed by atoms with van der Waals surface area (Å²) in [5.74, 6) is 0.0405. The first-order valence-corrected chi connectivity index (χ1v) is 5.38. The van der Waals surface area contributed by atoms with Crippen LogP contribution in [0, 0.1) is 5.92 Å². The predicted octanol–water partition coefficient (Wildman–Crippen LogP) is -0.727. The monoisotopic (exact) mass is 229 g/mol. The number of urea groups is 1. The number of carbonyl (C=O) groups is 2. The van der Waals surface area contributed by atoms with Crippen molar-refractivity contribution in [2.75, 3.05) is 13.6 Å². The summed E-state index contributed by atoms with van der Waals surface area (Å²) in [6.07, 6.45) is 1.39. The standard InChI is InChI=1S/C10H19N3O3/c1-6(9(15)12-10(11)16)13(2)5-7-3-8(14)4-7/h6-8,14H,3-5H2,1-2H3,(H3,11,12,15,16). The Bertz CT molecular complexity index is 276. The van der Waals surface area contributed by atoms with Gasteiger partial charge in [0.05, 0.1) is 12.1 Å². The number of amides is 3. The lowest BCUT2D eigenvalue weighted by Crippen LogP contribution is -2.49. The number of primary amides is 1. The highest BCUT2D eigenvalue weighted by Crippen LogP contribution is 2.27. The molecular weight excluding hydrogens is 210 g/mol. The SMILES string of the molecule is CC(C(=O)NC(N)=O)N(C)CC1CC(O)C1. The molecule has 1 saturated carbocycles. The minimum absolute atomic E-state index is 0.187. The Morgan fingerprint density at radius 1 is 1.56 bits per heavy atom. The highest BCUT2D eigenvalue weighted by molar-refractivity contribution is 5.96. The molecule has 3 amide bonds. The summed E-state index contributed by atoms with van der Waals surface area (Å²) in [4.78, 5) is 23.8. The summed E-state index contributed by atoms with van der Waals surface area (Å²) in [6, 6.07) is -1.23. The summed E-state index contributed by atoms with van der Waals surface area (Å²) in [6.45, 7) is 2.46. The highest BCUT2D eigenvalue weighted by Gasteiger charge is 2.30. The second-order valence-electron chi connectivity index (χ2n) is 4.46. The van der Waals surface area contributed by atoms with Crippen molar-refractivity contribution in [1.29, 1.82) is 0 Å². The molecule has 0 aromatic carbocycles. The summed E-state index contributed by atoms with van der Waals surface area (Å²) >= 11 is 0. The maximum absolute atomic E-state index is 11.4. The van der Waals surface area contributed by atoms with Crippen molar-refractivity contribution < 1.29 is 14.7 Å². The third kappa shape index (κ3) is 3.46. The summed E-state index contributed by atoms with van der Waals surface area (Å²) in [5, 5.41) is 11.2. The van der Waals surface area contributed by atoms with Crippen LogP contribution in [0.4, 0.5) is 4.79 Å². The molecule has 1 atom stereocenters. The third-order valence-electron chi connectivity index (χ3n) is 3.04. The summed E-state index contributed by atoms with van der Waals surface area (Å²) in [7, 11) is 1.82. The normalized spacial score (nSPS) is 26.0. The topological polar surface area (TPSA) is 95.7 Å². The van der Waals surface area contributed by atoms with Crippen LogP contribution in [0.1, 0.15) is 19.8 Å². The maximum atomic E-state index is 11.4. The molecule has 4 N–H and O–H groups in total. The van der Waals surface area contributed by atoms with Gasteiger partial charge >= 0.3 is 6.03 Å². The number of rotatable bonds is 4. The van der Waals surface area contributed by atoms with Gasteiger partial charge in [-0.3, -0.25) is 15.0 Å². The number of carbonyl (C=O) groups excluding carboxylic acids is 2. The molecule has 1 rings (SSSR count). The van der Waals surface area contributed by atoms with Crippen molar-refractivity contribution in [1.82, 2.24) is 10.2 Å². The molecule has 16 heavy (non-hydrogen) atoms. The molecular formula is C10H19N3O3. The number of hydrogen-bond acceptors (Lipinski definition) is 4. The van der Waals surface area contributed by atoms with Gasteiger partial charge < -0.3 is 10.8 Å². The van der Waals surface area contributed by atoms with Crippen molar-refractivity contribution in [3.8, 4) is 0 Å². The van der Waals surface area contributed by atoms with E-state index in [4.69, 9.17) is 10.8 Å². The van der Waals surface area contributed by atoms with Crippen LogP contribution >= 0.6 is 0 Å². The quantitative estimate of drug-likeness (QED) is 0.592. The largest absolute Gasteiger partial charge is 0.393 e. The van der Waals surface area contributed by atoms with E-state index >= 15 is 0 Å². The Morgan fingerprint density at radius 2 is 2.12 bits per heavy atom. The molecule has 0 aliphatic heterocycles. The smallest absolute Gasteiger partial charge is 0.318 e. The Hall–Kier alpha value is -1.14. The molecule has 1 unspecified atom stereocenters. The van der Waals surface area contributed by atoms with E-state index in [1.165, 1.54) is 0 Å². The van der Waals surface area contributed by atoms with E-state index in [9.17, 15) is 9.59 Å². The van der Waals surface area contributed by atoms with Gasteiger partial charge in [0, 0.05) is 6.54 Å². The fourth-order valence-corrected chi connectivity index (χ4v) is 1.84. The first-order chi connectivity index (χ1) is 7.40. The van der Waals surface area contributed by atoms with Crippen LogP contribution in [0.15, 0.2) is 0 Å². The summed E-state index contributed by atoms with van der Waals surface area (Å²) < 4.78 is 0. The van der Waals surface area contributed by atoms with E-state index in [-0.39, 0.29) is 6.10 Å². The van der Waals surface area contributed by atoms with Gasteiger partial charge in [0.1, 0.15) is 0 Å². The van der Waals surface area contributed by atoms with Crippen molar-refractivity contribution in [2.24, 2.45) is 11.7 Å². The van der Waals surface area contributed by atoms with Gasteiger partial charge in [-0.25, -0.2) is 4.79 Å². The number of aliphatic hydroxyl groups excluding tert-OH is 1. The summed E-state index contributed by atoms with van der Waals surface area (Å²) in [5.41, 5.74) is 4.87. The molecule has 0 aromatic heterocycles. The zero-order chi connectivity index (χ0) is 12.3. The van der Waals surface area contributed by atoms with E-state index < -0.39 is 18.0 Å². The Morgan fingerprint density at radius 3 is 2.56 bits per heavy atom. The number of hydrogen-bond donors (Lipinski definition) is 3. The molecule has 0 radical (unpaired) electrons. The van der Waals surface area contributed by atoms with Crippen LogP contribution in [0.25, 0.3) is 0 Å². The van der Waals surface area contributed by atoms with Crippen molar-refractivity contribution in [2.45, 2.75) is 31.9 Å². The minimum Gasteiger partial charge on any atom is -0.393 e. The third-order valence-corrected chi connectivity index (χ3v) is 3.04. The number of aliphatic hydroxyl groups is 1. The first-order valence-electron chi connectivity index (χ1n) is 5.38. The Balaban J connectivity index is 2.32. The molecule has 0 saturated heterocycles. The molecule has 92 valence electrons. The van der Waals surface area contributed by atoms with Crippen LogP contribution in [-0.2, 0) is 4.79 Å². The fraction of sp³-hybridized carbons (Fsp3) is 0.800. The number of nitrogens with one attached hydrogen (secondary N) is 1. The minimum atomic E-state index is -0.829. The van der Waals surface area contributed by atoms with Gasteiger partial charge in [0.15, 0.2) is 0 Å². The second kappa shape index (κ2) is 5.27. The van der Waals surface area contributed by atoms with Gasteiger partial charge in [-0.05, 0) is 32.7 Å². The van der Waals surface area contributed by atoms with Crippen LogP contribution in [-0.4, -0.2) is 47.7 Å². The van der Waals surface area contributed by atoms with Crippen LogP contribution < -0.4 is 11.1 Å². The molecule has 0 heterocycles. The number of nitrogens with two attached hydrogens (primary N) is 1. The van der Waals surface area contributed by atoms with Crippen molar-refractivity contribution in [3.05, 3.63) is 0 Å². The van der Waals surface area contributed by atoms with Crippen molar-refractivity contribution in [3.63, 3.8) is 0 Å². The van der Waals surface area contributed by atoms with Crippen LogP contribution in [0.3, 0.4) is 0 Å². The molecule has 0 spiro atoms. The second-order valence-corrected chi connectivity index (χ2v) is 4.46. The molecule has 6 heteroatoms. The number of imide groups is 1. The Kier molecular flexibility index (Phi) is 4.26. The zero-order valence-corrected chi connectivity index (χ0v) is 9.64. The van der Waals surface area contributed by atoms with E-state index in [2.05, 4.69) is 5.32 Å². The lowest BCUT2D eigenvalue weighted by molar-refractivity contribution is -0.124. The van der Waals surface area contributed by atoms with E-state index in [0.717, 1.165) is 19.4 Å². The zero-order valence-electron chi connectivity index (χ0n) is 9.64. The maximum Gasteiger partial charge on any atom is 0.318 e. The van der Waals surface area contributed by atoms with Crippen molar-refractivity contribution >= 4 is 11.9 Å². The molecule has 1 aliphatic rings. The van der Waals surface area contributed by atoms with Gasteiger partial charge in [0.25, 0.3) is 0 Å². The van der Waals surface area contributed by atoms with Gasteiger partial charge in [-0.1, -0.05) is 0 Å². The molecule has 0 aromatic rings. The lowest BCUT2D eigenvalue weighted by atomic mass is 9.82.